The lowest BCUT2D eigenvalue weighted by atomic mass is 10.1. The standard InChI is InChI=1S/C18H20FN3O2S/c19-15-2-1-3-17(13-15)25(23,24)22-9-6-14-12-16(4-5-18(14)22)21-10-7-20-8-11-21/h1-5,12-13,20H,6-11H2. The molecular formula is C18H20FN3O2S. The number of hydrogen-bond acceptors (Lipinski definition) is 4. The minimum Gasteiger partial charge on any atom is -0.369 e. The van der Waals surface area contributed by atoms with Gasteiger partial charge in [0.2, 0.25) is 0 Å². The summed E-state index contributed by atoms with van der Waals surface area (Å²) in [6, 6.07) is 11.1. The number of rotatable bonds is 3. The topological polar surface area (TPSA) is 52.7 Å². The van der Waals surface area contributed by atoms with Crippen molar-refractivity contribution in [1.82, 2.24) is 5.32 Å². The van der Waals surface area contributed by atoms with Crippen LogP contribution in [0.5, 0.6) is 0 Å². The van der Waals surface area contributed by atoms with Gasteiger partial charge in [0, 0.05) is 38.4 Å². The summed E-state index contributed by atoms with van der Waals surface area (Å²) in [5.74, 6) is -0.547. The zero-order valence-corrected chi connectivity index (χ0v) is 14.6. The van der Waals surface area contributed by atoms with Crippen molar-refractivity contribution in [2.24, 2.45) is 0 Å². The highest BCUT2D eigenvalue weighted by Crippen LogP contribution is 2.35. The zero-order valence-electron chi connectivity index (χ0n) is 13.8. The van der Waals surface area contributed by atoms with Crippen LogP contribution < -0.4 is 14.5 Å². The largest absolute Gasteiger partial charge is 0.369 e. The third-order valence-corrected chi connectivity index (χ3v) is 6.59. The normalized spacial score (nSPS) is 17.6. The average molecular weight is 361 g/mol. The highest BCUT2D eigenvalue weighted by Gasteiger charge is 2.31. The van der Waals surface area contributed by atoms with E-state index in [9.17, 15) is 12.8 Å². The van der Waals surface area contributed by atoms with Crippen molar-refractivity contribution in [2.75, 3.05) is 41.9 Å². The third-order valence-electron chi connectivity index (χ3n) is 4.78. The van der Waals surface area contributed by atoms with Crippen molar-refractivity contribution in [3.05, 3.63) is 53.8 Å². The molecule has 2 aromatic carbocycles. The smallest absolute Gasteiger partial charge is 0.264 e. The Morgan fingerprint density at radius 1 is 1.00 bits per heavy atom. The minimum atomic E-state index is -3.74. The number of benzene rings is 2. The highest BCUT2D eigenvalue weighted by molar-refractivity contribution is 7.92. The summed E-state index contributed by atoms with van der Waals surface area (Å²) in [6.07, 6.45) is 0.670. The summed E-state index contributed by atoms with van der Waals surface area (Å²) in [5.41, 5.74) is 2.85. The van der Waals surface area contributed by atoms with Gasteiger partial charge in [-0.2, -0.15) is 0 Å². The summed E-state index contributed by atoms with van der Waals surface area (Å²) in [7, 11) is -3.74. The molecule has 5 nitrogen and oxygen atoms in total. The Bertz CT molecular complexity index is 895. The van der Waals surface area contributed by atoms with Crippen LogP contribution in [0.3, 0.4) is 0 Å². The monoisotopic (exact) mass is 361 g/mol. The van der Waals surface area contributed by atoms with Gasteiger partial charge in [-0.05, 0) is 48.4 Å². The number of halogens is 1. The number of piperazine rings is 1. The maximum absolute atomic E-state index is 13.4. The molecule has 25 heavy (non-hydrogen) atoms. The Hall–Kier alpha value is -2.12. The number of hydrogen-bond donors (Lipinski definition) is 1. The first kappa shape index (κ1) is 16.4. The Morgan fingerprint density at radius 3 is 2.56 bits per heavy atom. The molecule has 0 aliphatic carbocycles. The summed E-state index contributed by atoms with van der Waals surface area (Å²) < 4.78 is 40.6. The number of fused-ring (bicyclic) bond motifs is 1. The molecule has 4 rings (SSSR count). The van der Waals surface area contributed by atoms with Crippen molar-refractivity contribution in [2.45, 2.75) is 11.3 Å². The molecule has 0 bridgehead atoms. The Labute approximate surface area is 147 Å². The van der Waals surface area contributed by atoms with Crippen LogP contribution in [0.2, 0.25) is 0 Å². The first-order valence-corrected chi connectivity index (χ1v) is 9.87. The minimum absolute atomic E-state index is 0.00784. The van der Waals surface area contributed by atoms with E-state index in [0.717, 1.165) is 43.5 Å². The molecule has 0 aromatic heterocycles. The van der Waals surface area contributed by atoms with E-state index in [4.69, 9.17) is 0 Å². The molecule has 2 aromatic rings. The lowest BCUT2D eigenvalue weighted by Gasteiger charge is -2.30. The van der Waals surface area contributed by atoms with Gasteiger partial charge in [0.1, 0.15) is 5.82 Å². The summed E-state index contributed by atoms with van der Waals surface area (Å²) in [6.45, 7) is 4.20. The molecule has 7 heteroatoms. The van der Waals surface area contributed by atoms with Crippen LogP contribution in [0, 0.1) is 5.82 Å². The summed E-state index contributed by atoms with van der Waals surface area (Å²) in [5, 5.41) is 3.33. The fourth-order valence-electron chi connectivity index (χ4n) is 3.48. The van der Waals surface area contributed by atoms with E-state index in [1.165, 1.54) is 22.5 Å². The molecule has 0 unspecified atom stereocenters. The van der Waals surface area contributed by atoms with Crippen molar-refractivity contribution < 1.29 is 12.8 Å². The molecule has 2 aliphatic rings. The Balaban J connectivity index is 1.65. The van der Waals surface area contributed by atoms with Crippen molar-refractivity contribution in [1.29, 1.82) is 0 Å². The van der Waals surface area contributed by atoms with Gasteiger partial charge in [-0.1, -0.05) is 6.07 Å². The van der Waals surface area contributed by atoms with Crippen LogP contribution in [0.25, 0.3) is 0 Å². The van der Waals surface area contributed by atoms with Crippen molar-refractivity contribution in [3.63, 3.8) is 0 Å². The molecule has 0 amide bonds. The first-order valence-electron chi connectivity index (χ1n) is 8.42. The van der Waals surface area contributed by atoms with Gasteiger partial charge in [0.25, 0.3) is 10.0 Å². The molecular weight excluding hydrogens is 341 g/mol. The predicted molar refractivity (Wildman–Crippen MR) is 96.2 cm³/mol. The molecule has 0 radical (unpaired) electrons. The van der Waals surface area contributed by atoms with Gasteiger partial charge < -0.3 is 10.2 Å². The number of anilines is 2. The molecule has 1 fully saturated rings. The second-order valence-electron chi connectivity index (χ2n) is 6.33. The van der Waals surface area contributed by atoms with E-state index in [1.807, 2.05) is 12.1 Å². The number of sulfonamides is 1. The molecule has 2 heterocycles. The van der Waals surface area contributed by atoms with Crippen LogP contribution in [-0.4, -0.2) is 41.1 Å². The van der Waals surface area contributed by atoms with E-state index in [2.05, 4.69) is 16.3 Å². The van der Waals surface area contributed by atoms with Crippen LogP contribution >= 0.6 is 0 Å². The van der Waals surface area contributed by atoms with E-state index < -0.39 is 15.8 Å². The van der Waals surface area contributed by atoms with Crippen molar-refractivity contribution in [3.8, 4) is 0 Å². The molecule has 0 atom stereocenters. The molecule has 2 aliphatic heterocycles. The van der Waals surface area contributed by atoms with Gasteiger partial charge in [-0.25, -0.2) is 12.8 Å². The number of nitrogens with zero attached hydrogens (tertiary/aromatic N) is 2. The maximum Gasteiger partial charge on any atom is 0.264 e. The van der Waals surface area contributed by atoms with Gasteiger partial charge in [0.05, 0.1) is 10.6 Å². The quantitative estimate of drug-likeness (QED) is 0.908. The molecule has 0 spiro atoms. The van der Waals surface area contributed by atoms with Crippen LogP contribution in [0.4, 0.5) is 15.8 Å². The SMILES string of the molecule is O=S(=O)(c1cccc(F)c1)N1CCc2cc(N3CCNCC3)ccc21. The zero-order chi connectivity index (χ0) is 17.4. The lowest BCUT2D eigenvalue weighted by Crippen LogP contribution is -2.43. The fraction of sp³-hybridized carbons (Fsp3) is 0.333. The first-order chi connectivity index (χ1) is 12.1. The fourth-order valence-corrected chi connectivity index (χ4v) is 5.02. The van der Waals surface area contributed by atoms with E-state index in [1.54, 1.807) is 0 Å². The molecule has 1 saturated heterocycles. The average Bonchev–Trinajstić information content (AvgIpc) is 3.06. The molecule has 1 N–H and O–H groups in total. The Kier molecular flexibility index (Phi) is 4.13. The van der Waals surface area contributed by atoms with E-state index in [-0.39, 0.29) is 4.90 Å². The second kappa shape index (κ2) is 6.31. The Morgan fingerprint density at radius 2 is 1.80 bits per heavy atom. The van der Waals surface area contributed by atoms with Gasteiger partial charge in [-0.3, -0.25) is 4.31 Å². The highest BCUT2D eigenvalue weighted by atomic mass is 32.2. The lowest BCUT2D eigenvalue weighted by molar-refractivity contribution is 0.587. The summed E-state index contributed by atoms with van der Waals surface area (Å²) >= 11 is 0. The molecule has 132 valence electrons. The second-order valence-corrected chi connectivity index (χ2v) is 8.20. The maximum atomic E-state index is 13.4. The van der Waals surface area contributed by atoms with E-state index >= 15 is 0 Å². The van der Waals surface area contributed by atoms with E-state index in [0.29, 0.717) is 18.7 Å². The van der Waals surface area contributed by atoms with Crippen molar-refractivity contribution >= 4 is 21.4 Å². The third kappa shape index (κ3) is 2.98. The summed E-state index contributed by atoms with van der Waals surface area (Å²) in [4.78, 5) is 2.30. The van der Waals surface area contributed by atoms with Crippen LogP contribution in [0.15, 0.2) is 47.4 Å². The molecule has 0 saturated carbocycles. The number of nitrogens with one attached hydrogen (secondary N) is 1. The van der Waals surface area contributed by atoms with Gasteiger partial charge in [-0.15, -0.1) is 0 Å². The van der Waals surface area contributed by atoms with Gasteiger partial charge >= 0.3 is 0 Å². The predicted octanol–water partition coefficient (Wildman–Crippen LogP) is 1.99. The van der Waals surface area contributed by atoms with Crippen LogP contribution in [-0.2, 0) is 16.4 Å². The van der Waals surface area contributed by atoms with Crippen LogP contribution in [0.1, 0.15) is 5.56 Å². The van der Waals surface area contributed by atoms with Gasteiger partial charge in [0.15, 0.2) is 0 Å².